The van der Waals surface area contributed by atoms with Gasteiger partial charge >= 0.3 is 11.9 Å². The van der Waals surface area contributed by atoms with Gasteiger partial charge in [-0.05, 0) is 59.3 Å². The molecule has 0 spiro atoms. The third-order valence-electron chi connectivity index (χ3n) is 4.43. The Morgan fingerprint density at radius 1 is 0.567 bits per heavy atom. The Balaban J connectivity index is 1.76. The molecule has 0 atom stereocenters. The van der Waals surface area contributed by atoms with Crippen molar-refractivity contribution in [3.63, 3.8) is 0 Å². The third-order valence-corrected chi connectivity index (χ3v) is 4.43. The Hall–Kier alpha value is -4.32. The number of ether oxygens (including phenoxy) is 2. The minimum atomic E-state index is -1.05. The molecule has 0 aromatic heterocycles. The summed E-state index contributed by atoms with van der Waals surface area (Å²) in [6, 6.07) is 23.5. The smallest absolute Gasteiger partial charge is 0.335 e. The van der Waals surface area contributed by atoms with E-state index < -0.39 is 11.9 Å². The summed E-state index contributed by atoms with van der Waals surface area (Å²) < 4.78 is 11.9. The molecule has 4 aromatic rings. The quantitative estimate of drug-likeness (QED) is 0.424. The molecule has 0 aliphatic rings. The first-order valence-corrected chi connectivity index (χ1v) is 9.05. The van der Waals surface area contributed by atoms with E-state index >= 15 is 0 Å². The molecule has 0 heterocycles. The van der Waals surface area contributed by atoms with Crippen LogP contribution in [0.15, 0.2) is 84.9 Å². The molecule has 2 N–H and O–H groups in total. The maximum Gasteiger partial charge on any atom is 0.335 e. The van der Waals surface area contributed by atoms with Gasteiger partial charge in [-0.1, -0.05) is 36.4 Å². The van der Waals surface area contributed by atoms with Gasteiger partial charge in [0.2, 0.25) is 0 Å². The van der Waals surface area contributed by atoms with Crippen molar-refractivity contribution in [1.82, 2.24) is 0 Å². The van der Waals surface area contributed by atoms with Crippen LogP contribution in [0, 0.1) is 0 Å². The molecule has 0 saturated heterocycles. The van der Waals surface area contributed by atoms with Crippen molar-refractivity contribution in [1.29, 1.82) is 0 Å². The minimum Gasteiger partial charge on any atom is -0.478 e. The van der Waals surface area contributed by atoms with Gasteiger partial charge in [0.15, 0.2) is 11.5 Å². The number of hydrogen-bond donors (Lipinski definition) is 2. The van der Waals surface area contributed by atoms with Gasteiger partial charge in [-0.15, -0.1) is 0 Å². The van der Waals surface area contributed by atoms with Crippen molar-refractivity contribution < 1.29 is 29.3 Å². The molecule has 148 valence electrons. The largest absolute Gasteiger partial charge is 0.478 e. The van der Waals surface area contributed by atoms with Crippen molar-refractivity contribution in [2.75, 3.05) is 0 Å². The first-order valence-electron chi connectivity index (χ1n) is 9.05. The molecule has 4 aromatic carbocycles. The number of fused-ring (bicyclic) bond motifs is 1. The molecule has 4 rings (SSSR count). The van der Waals surface area contributed by atoms with E-state index in [0.29, 0.717) is 23.0 Å². The second-order valence-electron chi connectivity index (χ2n) is 6.52. The fourth-order valence-electron chi connectivity index (χ4n) is 3.00. The summed E-state index contributed by atoms with van der Waals surface area (Å²) in [5.74, 6) is -0.681. The number of carboxylic acid groups (broad SMARTS) is 2. The molecule has 6 heteroatoms. The van der Waals surface area contributed by atoms with Crippen molar-refractivity contribution in [2.24, 2.45) is 0 Å². The summed E-state index contributed by atoms with van der Waals surface area (Å²) in [5.41, 5.74) is 0.204. The van der Waals surface area contributed by atoms with Gasteiger partial charge in [0, 0.05) is 0 Å². The lowest BCUT2D eigenvalue weighted by atomic mass is 10.1. The number of carbonyl (C=O) groups is 2. The first kappa shape index (κ1) is 19.0. The summed E-state index contributed by atoms with van der Waals surface area (Å²) in [4.78, 5) is 22.5. The van der Waals surface area contributed by atoms with Crippen LogP contribution < -0.4 is 9.47 Å². The highest BCUT2D eigenvalue weighted by Gasteiger charge is 2.13. The van der Waals surface area contributed by atoms with Gasteiger partial charge in [-0.25, -0.2) is 9.59 Å². The molecule has 0 aliphatic heterocycles. The minimum absolute atomic E-state index is 0.102. The Kier molecular flexibility index (Phi) is 5.05. The molecular formula is C24H16O6. The van der Waals surface area contributed by atoms with Gasteiger partial charge in [0.05, 0.1) is 11.1 Å². The van der Waals surface area contributed by atoms with Crippen molar-refractivity contribution >= 4 is 22.7 Å². The fourth-order valence-corrected chi connectivity index (χ4v) is 3.00. The lowest BCUT2D eigenvalue weighted by molar-refractivity contribution is 0.0685. The highest BCUT2D eigenvalue weighted by atomic mass is 16.5. The number of hydrogen-bond acceptors (Lipinski definition) is 4. The van der Waals surface area contributed by atoms with Crippen molar-refractivity contribution in [3.8, 4) is 23.0 Å². The van der Waals surface area contributed by atoms with E-state index in [4.69, 9.17) is 9.47 Å². The number of carboxylic acids is 2. The van der Waals surface area contributed by atoms with E-state index in [1.54, 1.807) is 36.4 Å². The maximum absolute atomic E-state index is 11.2. The van der Waals surface area contributed by atoms with E-state index in [-0.39, 0.29) is 11.1 Å². The van der Waals surface area contributed by atoms with Crippen LogP contribution in [0.4, 0.5) is 0 Å². The number of benzene rings is 4. The van der Waals surface area contributed by atoms with E-state index in [2.05, 4.69) is 0 Å². The van der Waals surface area contributed by atoms with Gasteiger partial charge < -0.3 is 19.7 Å². The molecule has 0 amide bonds. The molecule has 6 nitrogen and oxygen atoms in total. The summed E-state index contributed by atoms with van der Waals surface area (Å²) >= 11 is 0. The van der Waals surface area contributed by atoms with Crippen LogP contribution in [0.1, 0.15) is 20.7 Å². The van der Waals surface area contributed by atoms with Crippen molar-refractivity contribution in [2.45, 2.75) is 0 Å². The lowest BCUT2D eigenvalue weighted by Crippen LogP contribution is -1.98. The van der Waals surface area contributed by atoms with Crippen LogP contribution in [0.25, 0.3) is 10.8 Å². The zero-order valence-electron chi connectivity index (χ0n) is 15.6. The van der Waals surface area contributed by atoms with Crippen LogP contribution in [-0.4, -0.2) is 22.2 Å². The molecule has 0 unspecified atom stereocenters. The van der Waals surface area contributed by atoms with E-state index in [1.807, 2.05) is 24.3 Å². The SMILES string of the molecule is O=C(O)c1cccc(Oc2cc3ccccc3cc2Oc2cccc(C(=O)O)c2)c1. The Morgan fingerprint density at radius 2 is 1.00 bits per heavy atom. The molecule has 0 saturated carbocycles. The Bertz CT molecular complexity index is 1160. The van der Waals surface area contributed by atoms with E-state index in [0.717, 1.165) is 10.8 Å². The fraction of sp³-hybridized carbons (Fsp3) is 0. The van der Waals surface area contributed by atoms with Gasteiger partial charge in [0.25, 0.3) is 0 Å². The van der Waals surface area contributed by atoms with Crippen LogP contribution in [0.5, 0.6) is 23.0 Å². The zero-order valence-corrected chi connectivity index (χ0v) is 15.6. The monoisotopic (exact) mass is 400 g/mol. The van der Waals surface area contributed by atoms with Crippen LogP contribution in [0.2, 0.25) is 0 Å². The Labute approximate surface area is 171 Å². The van der Waals surface area contributed by atoms with E-state index in [1.165, 1.54) is 24.3 Å². The standard InChI is InChI=1S/C24H16O6/c25-23(26)17-7-3-9-19(11-17)29-21-13-15-5-1-2-6-16(15)14-22(21)30-20-10-4-8-18(12-20)24(27)28/h1-14H,(H,25,26)(H,27,28). The van der Waals surface area contributed by atoms with Gasteiger partial charge in [-0.3, -0.25) is 0 Å². The lowest BCUT2D eigenvalue weighted by Gasteiger charge is -2.14. The second-order valence-corrected chi connectivity index (χ2v) is 6.52. The Morgan fingerprint density at radius 3 is 1.40 bits per heavy atom. The summed E-state index contributed by atoms with van der Waals surface area (Å²) in [6.07, 6.45) is 0. The summed E-state index contributed by atoms with van der Waals surface area (Å²) in [6.45, 7) is 0. The molecular weight excluding hydrogens is 384 g/mol. The number of aromatic carboxylic acids is 2. The van der Waals surface area contributed by atoms with Gasteiger partial charge in [-0.2, -0.15) is 0 Å². The molecule has 0 aliphatic carbocycles. The van der Waals surface area contributed by atoms with Crippen LogP contribution >= 0.6 is 0 Å². The average Bonchev–Trinajstić information content (AvgIpc) is 2.74. The van der Waals surface area contributed by atoms with E-state index in [9.17, 15) is 19.8 Å². The molecule has 0 radical (unpaired) electrons. The summed E-state index contributed by atoms with van der Waals surface area (Å²) in [7, 11) is 0. The predicted molar refractivity (Wildman–Crippen MR) is 111 cm³/mol. The zero-order chi connectivity index (χ0) is 21.1. The van der Waals surface area contributed by atoms with Crippen molar-refractivity contribution in [3.05, 3.63) is 96.1 Å². The average molecular weight is 400 g/mol. The first-order chi connectivity index (χ1) is 14.5. The predicted octanol–water partition coefficient (Wildman–Crippen LogP) is 5.82. The molecule has 0 fully saturated rings. The van der Waals surface area contributed by atoms with Gasteiger partial charge in [0.1, 0.15) is 11.5 Å². The topological polar surface area (TPSA) is 93.1 Å². The highest BCUT2D eigenvalue weighted by molar-refractivity contribution is 5.89. The number of rotatable bonds is 6. The normalized spacial score (nSPS) is 10.5. The third kappa shape index (κ3) is 4.07. The van der Waals surface area contributed by atoms with Crippen LogP contribution in [-0.2, 0) is 0 Å². The molecule has 30 heavy (non-hydrogen) atoms. The molecule has 0 bridgehead atoms. The van der Waals surface area contributed by atoms with Crippen LogP contribution in [0.3, 0.4) is 0 Å². The summed E-state index contributed by atoms with van der Waals surface area (Å²) in [5, 5.41) is 20.2. The maximum atomic E-state index is 11.2. The second kappa shape index (κ2) is 7.97. The highest BCUT2D eigenvalue weighted by Crippen LogP contribution is 2.38.